The number of nitrogens with one attached hydrogen (secondary N) is 1. The lowest BCUT2D eigenvalue weighted by Gasteiger charge is -2.37. The van der Waals surface area contributed by atoms with E-state index in [0.29, 0.717) is 19.0 Å². The predicted octanol–water partition coefficient (Wildman–Crippen LogP) is 0.774. The standard InChI is InChI=1S/C15H25N3O2/c1-15(16)7-3-2-4-12(15)14(20)17-10-8-13(19)18(9-10)11-5-6-11/h10-12H,2-9,16H2,1H3,(H,17,20). The highest BCUT2D eigenvalue weighted by atomic mass is 16.2. The Morgan fingerprint density at radius 2 is 2.10 bits per heavy atom. The van der Waals surface area contributed by atoms with Crippen LogP contribution in [0.5, 0.6) is 0 Å². The van der Waals surface area contributed by atoms with Gasteiger partial charge >= 0.3 is 0 Å². The monoisotopic (exact) mass is 279 g/mol. The highest BCUT2D eigenvalue weighted by molar-refractivity contribution is 5.84. The summed E-state index contributed by atoms with van der Waals surface area (Å²) in [6, 6.07) is 0.423. The van der Waals surface area contributed by atoms with E-state index < -0.39 is 5.54 Å². The zero-order valence-electron chi connectivity index (χ0n) is 12.2. The number of carbonyl (C=O) groups excluding carboxylic acids is 2. The van der Waals surface area contributed by atoms with Crippen LogP contribution in [0.15, 0.2) is 0 Å². The molecule has 3 aliphatic rings. The maximum atomic E-state index is 12.4. The molecule has 5 heteroatoms. The molecule has 1 aliphatic heterocycles. The smallest absolute Gasteiger partial charge is 0.225 e. The fourth-order valence-corrected chi connectivity index (χ4v) is 3.66. The topological polar surface area (TPSA) is 75.4 Å². The molecule has 3 unspecified atom stereocenters. The molecule has 0 spiro atoms. The van der Waals surface area contributed by atoms with Crippen LogP contribution in [0.3, 0.4) is 0 Å². The van der Waals surface area contributed by atoms with Crippen molar-refractivity contribution in [2.24, 2.45) is 11.7 Å². The van der Waals surface area contributed by atoms with Gasteiger partial charge in [-0.25, -0.2) is 0 Å². The minimum atomic E-state index is -0.402. The van der Waals surface area contributed by atoms with Gasteiger partial charge in [0, 0.05) is 24.5 Å². The fraction of sp³-hybridized carbons (Fsp3) is 0.867. The number of hydrogen-bond donors (Lipinski definition) is 2. The number of rotatable bonds is 3. The first-order valence-corrected chi connectivity index (χ1v) is 7.86. The van der Waals surface area contributed by atoms with Crippen LogP contribution in [0, 0.1) is 5.92 Å². The van der Waals surface area contributed by atoms with Crippen LogP contribution in [0.1, 0.15) is 51.9 Å². The largest absolute Gasteiger partial charge is 0.351 e. The predicted molar refractivity (Wildman–Crippen MR) is 75.8 cm³/mol. The van der Waals surface area contributed by atoms with E-state index in [1.807, 2.05) is 11.8 Å². The second kappa shape index (κ2) is 5.02. The zero-order chi connectivity index (χ0) is 14.3. The van der Waals surface area contributed by atoms with Gasteiger partial charge in [0.15, 0.2) is 0 Å². The summed E-state index contributed by atoms with van der Waals surface area (Å²) in [7, 11) is 0. The van der Waals surface area contributed by atoms with Crippen molar-refractivity contribution >= 4 is 11.8 Å². The molecule has 0 aromatic heterocycles. The molecule has 1 heterocycles. The van der Waals surface area contributed by atoms with Crippen LogP contribution in [0.25, 0.3) is 0 Å². The number of likely N-dealkylation sites (tertiary alicyclic amines) is 1. The molecule has 2 amide bonds. The van der Waals surface area contributed by atoms with Crippen LogP contribution >= 0.6 is 0 Å². The normalized spacial score (nSPS) is 38.1. The van der Waals surface area contributed by atoms with E-state index in [1.165, 1.54) is 0 Å². The fourth-order valence-electron chi connectivity index (χ4n) is 3.66. The molecule has 112 valence electrons. The van der Waals surface area contributed by atoms with Crippen molar-refractivity contribution in [1.29, 1.82) is 0 Å². The molecule has 0 bridgehead atoms. The van der Waals surface area contributed by atoms with Gasteiger partial charge in [0.1, 0.15) is 0 Å². The van der Waals surface area contributed by atoms with Crippen LogP contribution in [-0.4, -0.2) is 40.9 Å². The van der Waals surface area contributed by atoms with E-state index in [-0.39, 0.29) is 23.8 Å². The summed E-state index contributed by atoms with van der Waals surface area (Å²) >= 11 is 0. The molecule has 3 atom stereocenters. The van der Waals surface area contributed by atoms with Crippen molar-refractivity contribution in [2.75, 3.05) is 6.54 Å². The Kier molecular flexibility index (Phi) is 3.48. The molecule has 2 saturated carbocycles. The van der Waals surface area contributed by atoms with E-state index in [1.54, 1.807) is 0 Å². The number of amides is 2. The van der Waals surface area contributed by atoms with Crippen molar-refractivity contribution < 1.29 is 9.59 Å². The van der Waals surface area contributed by atoms with Crippen LogP contribution in [0.4, 0.5) is 0 Å². The second-order valence-electron chi connectivity index (χ2n) is 6.99. The third-order valence-corrected chi connectivity index (χ3v) is 5.06. The average molecular weight is 279 g/mol. The first-order chi connectivity index (χ1) is 9.47. The van der Waals surface area contributed by atoms with Crippen LogP contribution < -0.4 is 11.1 Å². The molecule has 0 aromatic carbocycles. The molecule has 2 aliphatic carbocycles. The Morgan fingerprint density at radius 1 is 1.35 bits per heavy atom. The number of carbonyl (C=O) groups is 2. The van der Waals surface area contributed by atoms with Gasteiger partial charge in [0.25, 0.3) is 0 Å². The lowest BCUT2D eigenvalue weighted by atomic mass is 9.74. The quantitative estimate of drug-likeness (QED) is 0.801. The number of nitrogens with zero attached hydrogens (tertiary/aromatic N) is 1. The van der Waals surface area contributed by atoms with Gasteiger partial charge in [-0.2, -0.15) is 0 Å². The minimum absolute atomic E-state index is 0.0201. The molecule has 3 fully saturated rings. The molecule has 3 N–H and O–H groups in total. The zero-order valence-corrected chi connectivity index (χ0v) is 12.2. The molecular weight excluding hydrogens is 254 g/mol. The van der Waals surface area contributed by atoms with Crippen molar-refractivity contribution in [3.05, 3.63) is 0 Å². The Bertz CT molecular complexity index is 417. The highest BCUT2D eigenvalue weighted by Crippen LogP contribution is 2.33. The average Bonchev–Trinajstić information content (AvgIpc) is 3.13. The minimum Gasteiger partial charge on any atom is -0.351 e. The van der Waals surface area contributed by atoms with Crippen molar-refractivity contribution in [3.63, 3.8) is 0 Å². The lowest BCUT2D eigenvalue weighted by molar-refractivity contribution is -0.128. The number of hydrogen-bond acceptors (Lipinski definition) is 3. The van der Waals surface area contributed by atoms with Gasteiger partial charge < -0.3 is 16.0 Å². The van der Waals surface area contributed by atoms with Crippen molar-refractivity contribution in [3.8, 4) is 0 Å². The third-order valence-electron chi connectivity index (χ3n) is 5.06. The van der Waals surface area contributed by atoms with Gasteiger partial charge in [-0.3, -0.25) is 9.59 Å². The van der Waals surface area contributed by atoms with Crippen molar-refractivity contribution in [1.82, 2.24) is 10.2 Å². The van der Waals surface area contributed by atoms with Gasteiger partial charge in [0.2, 0.25) is 11.8 Å². The SMILES string of the molecule is CC1(N)CCCCC1C(=O)NC1CC(=O)N(C2CC2)C1. The van der Waals surface area contributed by atoms with Crippen molar-refractivity contribution in [2.45, 2.75) is 69.5 Å². The van der Waals surface area contributed by atoms with E-state index in [2.05, 4.69) is 5.32 Å². The second-order valence-corrected chi connectivity index (χ2v) is 6.99. The molecule has 20 heavy (non-hydrogen) atoms. The molecule has 1 saturated heterocycles. The van der Waals surface area contributed by atoms with Gasteiger partial charge in [-0.05, 0) is 32.6 Å². The van der Waals surface area contributed by atoms with E-state index in [4.69, 9.17) is 5.73 Å². The molecular formula is C15H25N3O2. The highest BCUT2D eigenvalue weighted by Gasteiger charge is 2.42. The van der Waals surface area contributed by atoms with Gasteiger partial charge in [-0.1, -0.05) is 12.8 Å². The summed E-state index contributed by atoms with van der Waals surface area (Å²) in [5.74, 6) is 0.128. The Balaban J connectivity index is 1.57. The van der Waals surface area contributed by atoms with Gasteiger partial charge in [0.05, 0.1) is 12.0 Å². The summed E-state index contributed by atoms with van der Waals surface area (Å²) in [5, 5.41) is 3.07. The molecule has 3 rings (SSSR count). The summed E-state index contributed by atoms with van der Waals surface area (Å²) < 4.78 is 0. The molecule has 5 nitrogen and oxygen atoms in total. The third kappa shape index (κ3) is 2.68. The Hall–Kier alpha value is -1.10. The maximum absolute atomic E-state index is 12.4. The summed E-state index contributed by atoms with van der Waals surface area (Å²) in [5.41, 5.74) is 5.87. The number of nitrogens with two attached hydrogens (primary N) is 1. The maximum Gasteiger partial charge on any atom is 0.225 e. The van der Waals surface area contributed by atoms with Crippen LogP contribution in [0.2, 0.25) is 0 Å². The molecule has 0 radical (unpaired) electrons. The Labute approximate surface area is 120 Å². The van der Waals surface area contributed by atoms with E-state index >= 15 is 0 Å². The summed E-state index contributed by atoms with van der Waals surface area (Å²) in [6.45, 7) is 2.66. The van der Waals surface area contributed by atoms with E-state index in [0.717, 1.165) is 38.5 Å². The Morgan fingerprint density at radius 3 is 2.75 bits per heavy atom. The first-order valence-electron chi connectivity index (χ1n) is 7.86. The van der Waals surface area contributed by atoms with Gasteiger partial charge in [-0.15, -0.1) is 0 Å². The van der Waals surface area contributed by atoms with Crippen LogP contribution in [-0.2, 0) is 9.59 Å². The summed E-state index contributed by atoms with van der Waals surface area (Å²) in [4.78, 5) is 26.3. The summed E-state index contributed by atoms with van der Waals surface area (Å²) in [6.07, 6.45) is 6.65. The van der Waals surface area contributed by atoms with E-state index in [9.17, 15) is 9.59 Å². The lowest BCUT2D eigenvalue weighted by Crippen LogP contribution is -2.54. The first kappa shape index (κ1) is 13.9. The molecule has 0 aromatic rings.